The van der Waals surface area contributed by atoms with Gasteiger partial charge in [-0.2, -0.15) is 20.1 Å². The third-order valence-electron chi connectivity index (χ3n) is 2.15. The van der Waals surface area contributed by atoms with Crippen LogP contribution in [0.25, 0.3) is 5.95 Å². The van der Waals surface area contributed by atoms with Gasteiger partial charge in [0.05, 0.1) is 25.0 Å². The summed E-state index contributed by atoms with van der Waals surface area (Å²) in [6.45, 7) is 4.20. The van der Waals surface area contributed by atoms with Crippen LogP contribution in [-0.4, -0.2) is 43.9 Å². The number of aromatic nitrogens is 5. The Morgan fingerprint density at radius 2 is 2.10 bits per heavy atom. The molecule has 0 atom stereocenters. The second-order valence-corrected chi connectivity index (χ2v) is 3.85. The number of hydrogen-bond donors (Lipinski definition) is 0. The molecule has 0 aromatic carbocycles. The third kappa shape index (κ3) is 3.21. The number of carbonyl (C=O) groups is 1. The standard InChI is InChI=1S/C11H12ClN5O3/c1-3-19-8(18)7-5-13-17(6-7)10-14-9(12)15-11(16-10)20-4-2/h5-6H,3-4H2,1-2H3. The van der Waals surface area contributed by atoms with Crippen molar-refractivity contribution in [1.29, 1.82) is 0 Å². The minimum absolute atomic E-state index is 0.0216. The van der Waals surface area contributed by atoms with Crippen molar-refractivity contribution in [3.05, 3.63) is 23.2 Å². The number of ether oxygens (including phenoxy) is 2. The zero-order valence-corrected chi connectivity index (χ0v) is 11.7. The maximum absolute atomic E-state index is 11.5. The first-order valence-electron chi connectivity index (χ1n) is 5.90. The quantitative estimate of drug-likeness (QED) is 0.768. The second-order valence-electron chi connectivity index (χ2n) is 3.51. The van der Waals surface area contributed by atoms with Crippen molar-refractivity contribution < 1.29 is 14.3 Å². The molecule has 0 fully saturated rings. The highest BCUT2D eigenvalue weighted by molar-refractivity contribution is 6.28. The lowest BCUT2D eigenvalue weighted by Crippen LogP contribution is -2.07. The van der Waals surface area contributed by atoms with Gasteiger partial charge in [-0.05, 0) is 25.4 Å². The molecule has 2 rings (SSSR count). The smallest absolute Gasteiger partial charge is 0.341 e. The van der Waals surface area contributed by atoms with Crippen molar-refractivity contribution in [1.82, 2.24) is 24.7 Å². The summed E-state index contributed by atoms with van der Waals surface area (Å²) in [7, 11) is 0. The SMILES string of the molecule is CCOC(=O)c1cnn(-c2nc(Cl)nc(OCC)n2)c1. The van der Waals surface area contributed by atoms with Crippen LogP contribution in [0, 0.1) is 0 Å². The van der Waals surface area contributed by atoms with E-state index in [0.717, 1.165) is 0 Å². The molecule has 0 aliphatic heterocycles. The van der Waals surface area contributed by atoms with Gasteiger partial charge in [-0.1, -0.05) is 0 Å². The number of rotatable bonds is 5. The molecule has 0 radical (unpaired) electrons. The monoisotopic (exact) mass is 297 g/mol. The maximum atomic E-state index is 11.5. The Kier molecular flexibility index (Phi) is 4.46. The zero-order chi connectivity index (χ0) is 14.5. The van der Waals surface area contributed by atoms with E-state index in [1.807, 2.05) is 0 Å². The zero-order valence-electron chi connectivity index (χ0n) is 10.9. The van der Waals surface area contributed by atoms with Gasteiger partial charge in [-0.25, -0.2) is 9.48 Å². The van der Waals surface area contributed by atoms with Crippen molar-refractivity contribution in [2.45, 2.75) is 13.8 Å². The van der Waals surface area contributed by atoms with Gasteiger partial charge in [0.25, 0.3) is 5.95 Å². The third-order valence-corrected chi connectivity index (χ3v) is 2.32. The van der Waals surface area contributed by atoms with Crippen molar-refractivity contribution in [2.24, 2.45) is 0 Å². The highest BCUT2D eigenvalue weighted by atomic mass is 35.5. The maximum Gasteiger partial charge on any atom is 0.341 e. The van der Waals surface area contributed by atoms with Crippen LogP contribution >= 0.6 is 11.6 Å². The summed E-state index contributed by atoms with van der Waals surface area (Å²) in [5, 5.41) is 3.96. The fraction of sp³-hybridized carbons (Fsp3) is 0.364. The number of halogens is 1. The van der Waals surface area contributed by atoms with Crippen molar-refractivity contribution in [3.8, 4) is 12.0 Å². The van der Waals surface area contributed by atoms with Crippen LogP contribution in [0.15, 0.2) is 12.4 Å². The van der Waals surface area contributed by atoms with Gasteiger partial charge in [0.2, 0.25) is 5.28 Å². The summed E-state index contributed by atoms with van der Waals surface area (Å²) in [5.41, 5.74) is 0.293. The Labute approximate surface area is 119 Å². The summed E-state index contributed by atoms with van der Waals surface area (Å²) >= 11 is 5.78. The normalized spacial score (nSPS) is 10.3. The average molecular weight is 298 g/mol. The highest BCUT2D eigenvalue weighted by Crippen LogP contribution is 2.12. The Morgan fingerprint density at radius 3 is 2.80 bits per heavy atom. The molecule has 20 heavy (non-hydrogen) atoms. The summed E-state index contributed by atoms with van der Waals surface area (Å²) < 4.78 is 11.3. The molecular formula is C11H12ClN5O3. The van der Waals surface area contributed by atoms with Crippen LogP contribution in [0.3, 0.4) is 0 Å². The van der Waals surface area contributed by atoms with E-state index in [1.165, 1.54) is 17.1 Å². The minimum Gasteiger partial charge on any atom is -0.464 e. The summed E-state index contributed by atoms with van der Waals surface area (Å²) in [4.78, 5) is 23.3. The summed E-state index contributed by atoms with van der Waals surface area (Å²) in [6, 6.07) is 0.0932. The molecule has 0 saturated carbocycles. The van der Waals surface area contributed by atoms with Gasteiger partial charge >= 0.3 is 12.0 Å². The fourth-order valence-corrected chi connectivity index (χ4v) is 1.52. The lowest BCUT2D eigenvalue weighted by Gasteiger charge is -2.03. The molecule has 0 saturated heterocycles. The van der Waals surface area contributed by atoms with E-state index in [4.69, 9.17) is 21.1 Å². The lowest BCUT2D eigenvalue weighted by molar-refractivity contribution is 0.0526. The van der Waals surface area contributed by atoms with Gasteiger partial charge in [-0.15, -0.1) is 0 Å². The Hall–Kier alpha value is -2.22. The van der Waals surface area contributed by atoms with Gasteiger partial charge in [0, 0.05) is 6.20 Å². The molecular weight excluding hydrogens is 286 g/mol. The Bertz CT molecular complexity index is 616. The molecule has 0 bridgehead atoms. The second kappa shape index (κ2) is 6.29. The van der Waals surface area contributed by atoms with Crippen LogP contribution in [0.4, 0.5) is 0 Å². The molecule has 0 unspecified atom stereocenters. The van der Waals surface area contributed by atoms with E-state index in [1.54, 1.807) is 13.8 Å². The molecule has 2 aromatic rings. The molecule has 106 valence electrons. The largest absolute Gasteiger partial charge is 0.464 e. The topological polar surface area (TPSA) is 92.0 Å². The highest BCUT2D eigenvalue weighted by Gasteiger charge is 2.13. The molecule has 0 aliphatic carbocycles. The molecule has 2 aromatic heterocycles. The predicted molar refractivity (Wildman–Crippen MR) is 69.1 cm³/mol. The van der Waals surface area contributed by atoms with Crippen LogP contribution in [0.2, 0.25) is 5.28 Å². The van der Waals surface area contributed by atoms with Crippen LogP contribution in [-0.2, 0) is 4.74 Å². The lowest BCUT2D eigenvalue weighted by atomic mass is 10.4. The average Bonchev–Trinajstić information content (AvgIpc) is 2.88. The number of hydrogen-bond acceptors (Lipinski definition) is 7. The minimum atomic E-state index is -0.469. The Morgan fingerprint density at radius 1 is 1.30 bits per heavy atom. The Balaban J connectivity index is 2.29. The van der Waals surface area contributed by atoms with E-state index < -0.39 is 5.97 Å². The predicted octanol–water partition coefficient (Wildman–Crippen LogP) is 1.29. The molecule has 0 N–H and O–H groups in total. The number of nitrogens with zero attached hydrogens (tertiary/aromatic N) is 5. The van der Waals surface area contributed by atoms with E-state index >= 15 is 0 Å². The van der Waals surface area contributed by atoms with E-state index in [-0.39, 0.29) is 23.8 Å². The number of carbonyl (C=O) groups excluding carboxylic acids is 1. The van der Waals surface area contributed by atoms with Crippen molar-refractivity contribution >= 4 is 17.6 Å². The van der Waals surface area contributed by atoms with Crippen LogP contribution in [0.5, 0.6) is 6.01 Å². The molecule has 0 amide bonds. The van der Waals surface area contributed by atoms with E-state index in [9.17, 15) is 4.79 Å². The summed E-state index contributed by atoms with van der Waals surface area (Å²) in [5.74, 6) is -0.312. The molecule has 9 heteroatoms. The van der Waals surface area contributed by atoms with Crippen molar-refractivity contribution in [2.75, 3.05) is 13.2 Å². The molecule has 8 nitrogen and oxygen atoms in total. The first kappa shape index (κ1) is 14.2. The van der Waals surface area contributed by atoms with Crippen molar-refractivity contribution in [3.63, 3.8) is 0 Å². The first-order valence-corrected chi connectivity index (χ1v) is 6.28. The van der Waals surface area contributed by atoms with Gasteiger partial charge in [0.15, 0.2) is 0 Å². The van der Waals surface area contributed by atoms with Crippen LogP contribution < -0.4 is 4.74 Å². The van der Waals surface area contributed by atoms with E-state index in [0.29, 0.717) is 12.2 Å². The van der Waals surface area contributed by atoms with Gasteiger partial charge in [0.1, 0.15) is 0 Å². The molecule has 0 spiro atoms. The molecule has 0 aliphatic rings. The van der Waals surface area contributed by atoms with Gasteiger partial charge < -0.3 is 9.47 Å². The van der Waals surface area contributed by atoms with Gasteiger partial charge in [-0.3, -0.25) is 0 Å². The number of esters is 1. The van der Waals surface area contributed by atoms with E-state index in [2.05, 4.69) is 20.1 Å². The summed E-state index contributed by atoms with van der Waals surface area (Å²) in [6.07, 6.45) is 2.80. The molecule has 2 heterocycles. The van der Waals surface area contributed by atoms with Crippen LogP contribution in [0.1, 0.15) is 24.2 Å². The first-order chi connectivity index (χ1) is 9.63. The fourth-order valence-electron chi connectivity index (χ4n) is 1.37.